The Kier molecular flexibility index (Phi) is 8.40. The fourth-order valence-electron chi connectivity index (χ4n) is 4.01. The Hall–Kier alpha value is -4.83. The fraction of sp³-hybridized carbons (Fsp3) is 0.148. The summed E-state index contributed by atoms with van der Waals surface area (Å²) >= 11 is 2.23. The van der Waals surface area contributed by atoms with E-state index in [2.05, 4.69) is 25.8 Å². The lowest BCUT2D eigenvalue weighted by molar-refractivity contribution is -0.385. The number of hydrogen-bond donors (Lipinski definition) is 2. The van der Waals surface area contributed by atoms with Gasteiger partial charge in [0.25, 0.3) is 11.6 Å². The number of thiazole rings is 1. The lowest BCUT2D eigenvalue weighted by Crippen LogP contribution is -2.25. The van der Waals surface area contributed by atoms with Crippen LogP contribution in [-0.4, -0.2) is 42.2 Å². The Morgan fingerprint density at radius 3 is 2.60 bits per heavy atom. The second-order valence-electron chi connectivity index (χ2n) is 9.05. The van der Waals surface area contributed by atoms with Crippen LogP contribution >= 0.6 is 23.1 Å². The van der Waals surface area contributed by atoms with Gasteiger partial charge in [-0.15, -0.1) is 10.2 Å². The van der Waals surface area contributed by atoms with Gasteiger partial charge in [0.1, 0.15) is 0 Å². The molecule has 0 aliphatic carbocycles. The van der Waals surface area contributed by atoms with E-state index in [9.17, 15) is 32.9 Å². The molecule has 16 heteroatoms. The van der Waals surface area contributed by atoms with Gasteiger partial charge in [-0.3, -0.25) is 24.3 Å². The third-order valence-electron chi connectivity index (χ3n) is 6.08. The van der Waals surface area contributed by atoms with Gasteiger partial charge < -0.3 is 10.6 Å². The fourth-order valence-corrected chi connectivity index (χ4v) is 5.66. The number of nitrogens with zero attached hydrogens (tertiary/aromatic N) is 5. The molecule has 2 aromatic heterocycles. The highest BCUT2D eigenvalue weighted by atomic mass is 32.2. The number of aromatic nitrogens is 4. The number of carbonyl (C=O) groups excluding carboxylic acids is 2. The van der Waals surface area contributed by atoms with E-state index in [0.717, 1.165) is 40.2 Å². The number of rotatable bonds is 9. The van der Waals surface area contributed by atoms with Crippen molar-refractivity contribution in [1.82, 2.24) is 25.1 Å². The molecule has 0 spiro atoms. The summed E-state index contributed by atoms with van der Waals surface area (Å²) in [4.78, 5) is 40.5. The number of alkyl halides is 3. The van der Waals surface area contributed by atoms with Crippen molar-refractivity contribution in [3.8, 4) is 5.69 Å². The molecular weight excluding hydrogens is 607 g/mol. The number of aryl methyl sites for hydroxylation is 1. The zero-order chi connectivity index (χ0) is 30.7. The average molecular weight is 628 g/mol. The van der Waals surface area contributed by atoms with E-state index < -0.39 is 28.5 Å². The Labute approximate surface area is 249 Å². The first kappa shape index (κ1) is 29.7. The van der Waals surface area contributed by atoms with E-state index in [0.29, 0.717) is 10.7 Å². The van der Waals surface area contributed by atoms with Crippen LogP contribution < -0.4 is 10.6 Å². The topological polar surface area (TPSA) is 145 Å². The summed E-state index contributed by atoms with van der Waals surface area (Å²) in [7, 11) is 0. The molecular formula is C27H20F3N7O4S2. The summed E-state index contributed by atoms with van der Waals surface area (Å²) in [6.07, 6.45) is -4.62. The molecule has 5 rings (SSSR count). The van der Waals surface area contributed by atoms with E-state index in [1.807, 2.05) is 24.3 Å². The average Bonchev–Trinajstić information content (AvgIpc) is 3.57. The van der Waals surface area contributed by atoms with Gasteiger partial charge in [-0.05, 0) is 43.3 Å². The molecule has 0 atom stereocenters. The number of fused-ring (bicyclic) bond motifs is 1. The molecule has 220 valence electrons. The quantitative estimate of drug-likeness (QED) is 0.119. The lowest BCUT2D eigenvalue weighted by atomic mass is 10.1. The second-order valence-corrected chi connectivity index (χ2v) is 11.0. The van der Waals surface area contributed by atoms with Gasteiger partial charge in [0.2, 0.25) is 5.91 Å². The predicted molar refractivity (Wildman–Crippen MR) is 154 cm³/mol. The van der Waals surface area contributed by atoms with Crippen LogP contribution in [0.5, 0.6) is 0 Å². The Morgan fingerprint density at radius 1 is 1.07 bits per heavy atom. The molecule has 43 heavy (non-hydrogen) atoms. The van der Waals surface area contributed by atoms with Gasteiger partial charge in [0.05, 0.1) is 38.7 Å². The monoisotopic (exact) mass is 627 g/mol. The van der Waals surface area contributed by atoms with Gasteiger partial charge in [0, 0.05) is 17.2 Å². The first-order valence-corrected chi connectivity index (χ1v) is 14.2. The standard InChI is InChI=1S/C27H20F3N7O4S2/c1-15-9-10-16(11-20(15)37(40)41)24(39)31-13-22-34-35-26(36(22)18-6-4-5-17(12-18)27(28,29)30)42-14-23(38)33-25-32-19-7-2-3-8-21(19)43-25/h2-12H,13-14H2,1H3,(H,31,39)(H,32,33,38). The third kappa shape index (κ3) is 6.81. The van der Waals surface area contributed by atoms with Crippen molar-refractivity contribution < 1.29 is 27.7 Å². The van der Waals surface area contributed by atoms with E-state index in [1.165, 1.54) is 47.1 Å². The number of para-hydroxylation sites is 1. The van der Waals surface area contributed by atoms with Crippen molar-refractivity contribution >= 4 is 55.9 Å². The molecule has 2 heterocycles. The van der Waals surface area contributed by atoms with Crippen LogP contribution in [0.4, 0.5) is 24.0 Å². The maximum absolute atomic E-state index is 13.5. The molecule has 0 saturated heterocycles. The van der Waals surface area contributed by atoms with E-state index in [4.69, 9.17) is 0 Å². The smallest absolute Gasteiger partial charge is 0.345 e. The molecule has 0 aliphatic rings. The van der Waals surface area contributed by atoms with Crippen molar-refractivity contribution in [2.24, 2.45) is 0 Å². The Morgan fingerprint density at radius 2 is 1.86 bits per heavy atom. The Balaban J connectivity index is 1.37. The zero-order valence-electron chi connectivity index (χ0n) is 22.1. The molecule has 2 N–H and O–H groups in total. The van der Waals surface area contributed by atoms with Crippen molar-refractivity contribution in [3.05, 3.63) is 99.4 Å². The van der Waals surface area contributed by atoms with Gasteiger partial charge in [-0.25, -0.2) is 4.98 Å². The SMILES string of the molecule is Cc1ccc(C(=O)NCc2nnc(SCC(=O)Nc3nc4ccccc4s3)n2-c2cccc(C(F)(F)F)c2)cc1[N+](=O)[O-]. The number of benzene rings is 3. The van der Waals surface area contributed by atoms with Crippen LogP contribution in [0.1, 0.15) is 27.3 Å². The number of halogens is 3. The molecule has 0 fully saturated rings. The molecule has 0 saturated carbocycles. The van der Waals surface area contributed by atoms with Crippen LogP contribution in [0.25, 0.3) is 15.9 Å². The number of carbonyl (C=O) groups is 2. The van der Waals surface area contributed by atoms with E-state index >= 15 is 0 Å². The van der Waals surface area contributed by atoms with Crippen LogP contribution in [0.3, 0.4) is 0 Å². The minimum Gasteiger partial charge on any atom is -0.345 e. The molecule has 0 radical (unpaired) electrons. The summed E-state index contributed by atoms with van der Waals surface area (Å²) in [5, 5.41) is 25.2. The first-order valence-electron chi connectivity index (χ1n) is 12.4. The number of nitro benzene ring substituents is 1. The number of nitrogens with one attached hydrogen (secondary N) is 2. The summed E-state index contributed by atoms with van der Waals surface area (Å²) in [6, 6.07) is 15.8. The number of thioether (sulfide) groups is 1. The summed E-state index contributed by atoms with van der Waals surface area (Å²) < 4.78 is 42.7. The maximum atomic E-state index is 13.5. The Bertz CT molecular complexity index is 1820. The van der Waals surface area contributed by atoms with E-state index in [-0.39, 0.29) is 40.2 Å². The van der Waals surface area contributed by atoms with Gasteiger partial charge in [0.15, 0.2) is 16.1 Å². The van der Waals surface area contributed by atoms with Crippen molar-refractivity contribution in [1.29, 1.82) is 0 Å². The van der Waals surface area contributed by atoms with Crippen LogP contribution in [0.15, 0.2) is 71.9 Å². The number of anilines is 1. The molecule has 0 aliphatic heterocycles. The van der Waals surface area contributed by atoms with Crippen LogP contribution in [0, 0.1) is 17.0 Å². The van der Waals surface area contributed by atoms with Gasteiger partial charge in [-0.2, -0.15) is 13.2 Å². The van der Waals surface area contributed by atoms with Crippen LogP contribution in [-0.2, 0) is 17.5 Å². The largest absolute Gasteiger partial charge is 0.416 e. The molecule has 0 bridgehead atoms. The highest BCUT2D eigenvalue weighted by Gasteiger charge is 2.31. The summed E-state index contributed by atoms with van der Waals surface area (Å²) in [5.41, 5.74) is 0.0341. The maximum Gasteiger partial charge on any atom is 0.416 e. The second kappa shape index (κ2) is 12.2. The minimum absolute atomic E-state index is 0.0172. The van der Waals surface area contributed by atoms with Crippen molar-refractivity contribution in [3.63, 3.8) is 0 Å². The molecule has 11 nitrogen and oxygen atoms in total. The van der Waals surface area contributed by atoms with Crippen molar-refractivity contribution in [2.45, 2.75) is 24.8 Å². The molecule has 5 aromatic rings. The predicted octanol–water partition coefficient (Wildman–Crippen LogP) is 5.77. The van der Waals surface area contributed by atoms with E-state index in [1.54, 1.807) is 0 Å². The highest BCUT2D eigenvalue weighted by molar-refractivity contribution is 7.99. The zero-order valence-corrected chi connectivity index (χ0v) is 23.7. The number of hydrogen-bond acceptors (Lipinski definition) is 9. The van der Waals surface area contributed by atoms with Gasteiger partial charge in [-0.1, -0.05) is 47.4 Å². The minimum atomic E-state index is -4.62. The molecule has 2 amide bonds. The van der Waals surface area contributed by atoms with Crippen LogP contribution in [0.2, 0.25) is 0 Å². The van der Waals surface area contributed by atoms with Gasteiger partial charge >= 0.3 is 6.18 Å². The van der Waals surface area contributed by atoms with Crippen molar-refractivity contribution in [2.75, 3.05) is 11.1 Å². The summed E-state index contributed by atoms with van der Waals surface area (Å²) in [6.45, 7) is 1.26. The highest BCUT2D eigenvalue weighted by Crippen LogP contribution is 2.32. The number of nitro groups is 1. The molecule has 0 unspecified atom stereocenters. The summed E-state index contributed by atoms with van der Waals surface area (Å²) in [5.74, 6) is -1.17. The number of amides is 2. The normalized spacial score (nSPS) is 11.4. The first-order chi connectivity index (χ1) is 20.5. The molecule has 3 aromatic carbocycles. The third-order valence-corrected chi connectivity index (χ3v) is 7.96. The lowest BCUT2D eigenvalue weighted by Gasteiger charge is -2.13.